The second-order valence-corrected chi connectivity index (χ2v) is 4.93. The molecule has 4 heteroatoms. The normalized spacial score (nSPS) is 21.5. The van der Waals surface area contributed by atoms with Gasteiger partial charge in [-0.15, -0.1) is 6.42 Å². The third-order valence-electron chi connectivity index (χ3n) is 3.48. The number of carboxylic acids is 1. The molecule has 102 valence electrons. The summed E-state index contributed by atoms with van der Waals surface area (Å²) in [4.78, 5) is 15.3. The smallest absolute Gasteiger partial charge is 0.317 e. The Morgan fingerprint density at radius 3 is 2.89 bits per heavy atom. The maximum absolute atomic E-state index is 10.9. The highest BCUT2D eigenvalue weighted by Gasteiger charge is 2.23. The lowest BCUT2D eigenvalue weighted by molar-refractivity contribution is -0.138. The minimum atomic E-state index is -0.792. The minimum Gasteiger partial charge on any atom is -0.480 e. The zero-order valence-corrected chi connectivity index (χ0v) is 11.3. The van der Waals surface area contributed by atoms with Gasteiger partial charge in [0.05, 0.1) is 13.1 Å². The van der Waals surface area contributed by atoms with Crippen LogP contribution in [-0.4, -0.2) is 59.6 Å². The molecule has 0 spiro atoms. The number of terminal acetylenes is 1. The maximum Gasteiger partial charge on any atom is 0.317 e. The van der Waals surface area contributed by atoms with Gasteiger partial charge < -0.3 is 10.0 Å². The number of nitrogens with zero attached hydrogens (tertiary/aromatic N) is 2. The molecule has 18 heavy (non-hydrogen) atoms. The van der Waals surface area contributed by atoms with Gasteiger partial charge in [-0.05, 0) is 45.3 Å². The second-order valence-electron chi connectivity index (χ2n) is 4.93. The van der Waals surface area contributed by atoms with Gasteiger partial charge in [-0.25, -0.2) is 0 Å². The fraction of sp³-hybridized carbons (Fsp3) is 0.786. The molecule has 1 atom stereocenters. The van der Waals surface area contributed by atoms with E-state index < -0.39 is 5.97 Å². The molecule has 1 rings (SSSR count). The third-order valence-corrected chi connectivity index (χ3v) is 3.48. The van der Waals surface area contributed by atoms with E-state index in [4.69, 9.17) is 11.5 Å². The fourth-order valence-corrected chi connectivity index (χ4v) is 2.65. The molecule has 0 amide bonds. The van der Waals surface area contributed by atoms with Crippen LogP contribution in [0.25, 0.3) is 0 Å². The van der Waals surface area contributed by atoms with Crippen molar-refractivity contribution >= 4 is 5.97 Å². The van der Waals surface area contributed by atoms with E-state index in [2.05, 4.69) is 17.7 Å². The Bertz CT molecular complexity index is 299. The van der Waals surface area contributed by atoms with Crippen LogP contribution in [0.3, 0.4) is 0 Å². The van der Waals surface area contributed by atoms with Crippen molar-refractivity contribution in [3.8, 4) is 12.3 Å². The minimum absolute atomic E-state index is 0.0582. The number of hydrogen-bond donors (Lipinski definition) is 1. The Balaban J connectivity index is 2.52. The summed E-state index contributed by atoms with van der Waals surface area (Å²) in [5.74, 6) is 1.78. The summed E-state index contributed by atoms with van der Waals surface area (Å²) >= 11 is 0. The molecule has 1 aliphatic heterocycles. The van der Waals surface area contributed by atoms with Crippen molar-refractivity contribution in [2.45, 2.75) is 38.6 Å². The highest BCUT2D eigenvalue weighted by molar-refractivity contribution is 5.69. The SMILES string of the molecule is C#CCN(CC(=O)O)C1CCCN(CCC)CC1. The van der Waals surface area contributed by atoms with Gasteiger partial charge in [0.2, 0.25) is 0 Å². The summed E-state index contributed by atoms with van der Waals surface area (Å²) in [5.41, 5.74) is 0. The van der Waals surface area contributed by atoms with E-state index in [0.717, 1.165) is 38.9 Å². The topological polar surface area (TPSA) is 43.8 Å². The van der Waals surface area contributed by atoms with Gasteiger partial charge in [-0.3, -0.25) is 9.69 Å². The maximum atomic E-state index is 10.9. The van der Waals surface area contributed by atoms with Crippen molar-refractivity contribution in [3.63, 3.8) is 0 Å². The highest BCUT2D eigenvalue weighted by Crippen LogP contribution is 2.16. The van der Waals surface area contributed by atoms with Crippen LogP contribution in [0.4, 0.5) is 0 Å². The van der Waals surface area contributed by atoms with Crippen molar-refractivity contribution in [2.24, 2.45) is 0 Å². The zero-order valence-electron chi connectivity index (χ0n) is 11.3. The summed E-state index contributed by atoms with van der Waals surface area (Å²) in [5, 5.41) is 8.93. The summed E-state index contributed by atoms with van der Waals surface area (Å²) in [7, 11) is 0. The first-order valence-electron chi connectivity index (χ1n) is 6.79. The summed E-state index contributed by atoms with van der Waals surface area (Å²) in [6.45, 7) is 6.01. The first kappa shape index (κ1) is 15.0. The lowest BCUT2D eigenvalue weighted by atomic mass is 10.1. The molecule has 1 N–H and O–H groups in total. The van der Waals surface area contributed by atoms with Crippen molar-refractivity contribution < 1.29 is 9.90 Å². The fourth-order valence-electron chi connectivity index (χ4n) is 2.65. The molecule has 0 radical (unpaired) electrons. The van der Waals surface area contributed by atoms with Crippen molar-refractivity contribution in [3.05, 3.63) is 0 Å². The monoisotopic (exact) mass is 252 g/mol. The molecule has 0 saturated carbocycles. The molecule has 1 heterocycles. The first-order valence-corrected chi connectivity index (χ1v) is 6.79. The summed E-state index contributed by atoms with van der Waals surface area (Å²) in [6.07, 6.45) is 9.71. The Kier molecular flexibility index (Phi) is 6.77. The predicted molar refractivity (Wildman–Crippen MR) is 72.4 cm³/mol. The van der Waals surface area contributed by atoms with E-state index in [1.54, 1.807) is 0 Å². The third kappa shape index (κ3) is 5.07. The lowest BCUT2D eigenvalue weighted by Crippen LogP contribution is -2.40. The lowest BCUT2D eigenvalue weighted by Gasteiger charge is -2.27. The van der Waals surface area contributed by atoms with Crippen LogP contribution in [0.1, 0.15) is 32.6 Å². The number of likely N-dealkylation sites (tertiary alicyclic amines) is 1. The molecular weight excluding hydrogens is 228 g/mol. The van der Waals surface area contributed by atoms with Gasteiger partial charge in [-0.2, -0.15) is 0 Å². The van der Waals surface area contributed by atoms with Crippen LogP contribution in [0.5, 0.6) is 0 Å². The van der Waals surface area contributed by atoms with E-state index in [9.17, 15) is 4.79 Å². The van der Waals surface area contributed by atoms with Crippen LogP contribution < -0.4 is 0 Å². The Morgan fingerprint density at radius 1 is 1.50 bits per heavy atom. The number of aliphatic carboxylic acids is 1. The second kappa shape index (κ2) is 8.12. The zero-order chi connectivity index (χ0) is 13.4. The number of rotatable bonds is 6. The Hall–Kier alpha value is -1.05. The molecule has 1 fully saturated rings. The number of hydrogen-bond acceptors (Lipinski definition) is 3. The van der Waals surface area contributed by atoms with Crippen LogP contribution >= 0.6 is 0 Å². The molecule has 1 saturated heterocycles. The summed E-state index contributed by atoms with van der Waals surface area (Å²) in [6, 6.07) is 0.319. The van der Waals surface area contributed by atoms with Gasteiger partial charge in [0.1, 0.15) is 0 Å². The number of carbonyl (C=O) groups is 1. The standard InChI is InChI=1S/C14H24N2O2/c1-3-8-15-10-5-6-13(7-11-15)16(9-4-2)12-14(17)18/h2,13H,3,5-12H2,1H3,(H,17,18). The van der Waals surface area contributed by atoms with E-state index in [0.29, 0.717) is 12.6 Å². The average Bonchev–Trinajstić information content (AvgIpc) is 2.54. The molecular formula is C14H24N2O2. The molecule has 0 aromatic rings. The van der Waals surface area contributed by atoms with Crippen LogP contribution in [0.2, 0.25) is 0 Å². The molecule has 1 unspecified atom stereocenters. The average molecular weight is 252 g/mol. The van der Waals surface area contributed by atoms with Crippen LogP contribution in [-0.2, 0) is 4.79 Å². The van der Waals surface area contributed by atoms with Crippen molar-refractivity contribution in [2.75, 3.05) is 32.7 Å². The Morgan fingerprint density at radius 2 is 2.28 bits per heavy atom. The van der Waals surface area contributed by atoms with Gasteiger partial charge in [0, 0.05) is 6.04 Å². The quantitative estimate of drug-likeness (QED) is 0.723. The predicted octanol–water partition coefficient (Wildman–Crippen LogP) is 1.27. The van der Waals surface area contributed by atoms with Gasteiger partial charge in [0.15, 0.2) is 0 Å². The van der Waals surface area contributed by atoms with E-state index in [1.807, 2.05) is 4.90 Å². The van der Waals surface area contributed by atoms with Gasteiger partial charge in [0.25, 0.3) is 0 Å². The molecule has 0 bridgehead atoms. The van der Waals surface area contributed by atoms with Crippen molar-refractivity contribution in [1.29, 1.82) is 0 Å². The molecule has 0 aromatic carbocycles. The van der Waals surface area contributed by atoms with E-state index in [1.165, 1.54) is 6.42 Å². The molecule has 0 aliphatic carbocycles. The van der Waals surface area contributed by atoms with Gasteiger partial charge in [-0.1, -0.05) is 12.8 Å². The summed E-state index contributed by atoms with van der Waals surface area (Å²) < 4.78 is 0. The molecule has 1 aliphatic rings. The van der Waals surface area contributed by atoms with Crippen LogP contribution in [0.15, 0.2) is 0 Å². The van der Waals surface area contributed by atoms with Crippen LogP contribution in [0, 0.1) is 12.3 Å². The number of carboxylic acid groups (broad SMARTS) is 1. The first-order chi connectivity index (χ1) is 8.67. The van der Waals surface area contributed by atoms with E-state index in [-0.39, 0.29) is 6.54 Å². The molecule has 4 nitrogen and oxygen atoms in total. The Labute approximate surface area is 110 Å². The largest absolute Gasteiger partial charge is 0.480 e. The molecule has 0 aromatic heterocycles. The highest BCUT2D eigenvalue weighted by atomic mass is 16.4. The van der Waals surface area contributed by atoms with Crippen molar-refractivity contribution in [1.82, 2.24) is 9.80 Å². The van der Waals surface area contributed by atoms with Gasteiger partial charge >= 0.3 is 5.97 Å². The van der Waals surface area contributed by atoms with E-state index >= 15 is 0 Å².